The molecule has 3 rings (SSSR count). The maximum absolute atomic E-state index is 12.2. The Morgan fingerprint density at radius 2 is 1.97 bits per heavy atom. The molecule has 0 spiro atoms. The Morgan fingerprint density at radius 1 is 1.18 bits per heavy atom. The fourth-order valence-corrected chi connectivity index (χ4v) is 3.47. The van der Waals surface area contributed by atoms with Gasteiger partial charge >= 0.3 is 0 Å². The van der Waals surface area contributed by atoms with Gasteiger partial charge in [0.05, 0.1) is 12.3 Å². The third-order valence-corrected chi connectivity index (χ3v) is 5.24. The van der Waals surface area contributed by atoms with Crippen LogP contribution in [0.5, 0.6) is 11.5 Å². The predicted octanol–water partition coefficient (Wildman–Crippen LogP) is 3.17. The van der Waals surface area contributed by atoms with Crippen LogP contribution in [0.1, 0.15) is 18.1 Å². The zero-order valence-corrected chi connectivity index (χ0v) is 19.2. The van der Waals surface area contributed by atoms with E-state index in [9.17, 15) is 14.9 Å². The largest absolute Gasteiger partial charge is 0.490 e. The minimum atomic E-state index is -0.502. The number of hydrogen-bond donors (Lipinski definition) is 2. The number of nitrogens with one attached hydrogen (secondary N) is 2. The monoisotopic (exact) mass is 464 g/mol. The molecule has 3 aromatic rings. The molecular formula is C24H24N4O4S. The number of aromatic amines is 1. The molecule has 0 fully saturated rings. The molecule has 0 bridgehead atoms. The zero-order chi connectivity index (χ0) is 23.6. The third-order valence-electron chi connectivity index (χ3n) is 4.66. The number of nitrogens with zero attached hydrogens (tertiary/aromatic N) is 2. The average molecular weight is 465 g/mol. The topological polar surface area (TPSA) is 117 Å². The molecule has 1 amide bonds. The minimum absolute atomic E-state index is 0.0817. The summed E-state index contributed by atoms with van der Waals surface area (Å²) in [4.78, 5) is 31.4. The highest BCUT2D eigenvalue weighted by Gasteiger charge is 2.16. The lowest BCUT2D eigenvalue weighted by molar-refractivity contribution is -0.123. The van der Waals surface area contributed by atoms with Crippen LogP contribution in [-0.4, -0.2) is 41.9 Å². The lowest BCUT2D eigenvalue weighted by atomic mass is 10.1. The molecule has 33 heavy (non-hydrogen) atoms. The summed E-state index contributed by atoms with van der Waals surface area (Å²) in [5, 5.41) is 12.7. The van der Waals surface area contributed by atoms with Crippen LogP contribution in [0.2, 0.25) is 0 Å². The smallest absolute Gasteiger partial charge is 0.270 e. The number of H-pyrrole nitrogens is 1. The number of amides is 1. The lowest BCUT2D eigenvalue weighted by Crippen LogP contribution is -2.30. The molecule has 0 unspecified atom stereocenters. The highest BCUT2D eigenvalue weighted by Crippen LogP contribution is 2.33. The molecule has 0 aliphatic heterocycles. The van der Waals surface area contributed by atoms with Crippen LogP contribution in [0, 0.1) is 11.3 Å². The van der Waals surface area contributed by atoms with E-state index in [2.05, 4.69) is 15.3 Å². The first-order chi connectivity index (χ1) is 16.0. The maximum Gasteiger partial charge on any atom is 0.270 e. The highest BCUT2D eigenvalue weighted by molar-refractivity contribution is 7.98. The van der Waals surface area contributed by atoms with E-state index in [1.54, 1.807) is 24.5 Å². The molecule has 9 heteroatoms. The number of nitriles is 1. The molecule has 0 saturated carbocycles. The van der Waals surface area contributed by atoms with E-state index in [4.69, 9.17) is 9.47 Å². The maximum atomic E-state index is 12.2. The van der Waals surface area contributed by atoms with Gasteiger partial charge in [-0.25, -0.2) is 4.98 Å². The number of aromatic nitrogens is 2. The minimum Gasteiger partial charge on any atom is -0.490 e. The summed E-state index contributed by atoms with van der Waals surface area (Å²) in [6.45, 7) is 2.53. The third kappa shape index (κ3) is 6.37. The van der Waals surface area contributed by atoms with Gasteiger partial charge in [-0.2, -0.15) is 5.26 Å². The van der Waals surface area contributed by atoms with Crippen molar-refractivity contribution in [1.82, 2.24) is 15.3 Å². The second kappa shape index (κ2) is 11.7. The Bertz CT molecular complexity index is 1210. The summed E-state index contributed by atoms with van der Waals surface area (Å²) in [6.07, 6.45) is 2.51. The molecule has 1 heterocycles. The molecule has 0 saturated heterocycles. The van der Waals surface area contributed by atoms with Crippen molar-refractivity contribution in [2.45, 2.75) is 18.5 Å². The van der Waals surface area contributed by atoms with Crippen molar-refractivity contribution in [2.75, 3.05) is 26.0 Å². The van der Waals surface area contributed by atoms with E-state index in [1.807, 2.05) is 43.3 Å². The SMILES string of the molecule is CCOc1cc(-c2nc(SC)[nH]c(=O)c2C#N)ccc1OCC(=O)NCCc1ccccc1. The number of hydrogen-bond acceptors (Lipinski definition) is 7. The zero-order valence-electron chi connectivity index (χ0n) is 18.4. The number of carbonyl (C=O) groups excluding carboxylic acids is 1. The Labute approximate surface area is 196 Å². The van der Waals surface area contributed by atoms with E-state index >= 15 is 0 Å². The quantitative estimate of drug-likeness (QED) is 0.350. The Kier molecular flexibility index (Phi) is 8.49. The summed E-state index contributed by atoms with van der Waals surface area (Å²) < 4.78 is 11.3. The molecule has 8 nitrogen and oxygen atoms in total. The summed E-state index contributed by atoms with van der Waals surface area (Å²) in [7, 11) is 0. The van der Waals surface area contributed by atoms with Crippen LogP contribution in [0.3, 0.4) is 0 Å². The van der Waals surface area contributed by atoms with Crippen LogP contribution in [0.25, 0.3) is 11.3 Å². The van der Waals surface area contributed by atoms with Gasteiger partial charge in [0.15, 0.2) is 23.3 Å². The number of benzene rings is 2. The average Bonchev–Trinajstić information content (AvgIpc) is 2.83. The number of carbonyl (C=O) groups is 1. The van der Waals surface area contributed by atoms with Gasteiger partial charge in [0.2, 0.25) is 0 Å². The second-order valence-electron chi connectivity index (χ2n) is 6.88. The van der Waals surface area contributed by atoms with Gasteiger partial charge < -0.3 is 19.8 Å². The summed E-state index contributed by atoms with van der Waals surface area (Å²) in [5.74, 6) is 0.529. The fraction of sp³-hybridized carbons (Fsp3) is 0.250. The predicted molar refractivity (Wildman–Crippen MR) is 127 cm³/mol. The number of thioether (sulfide) groups is 1. The van der Waals surface area contributed by atoms with Gasteiger partial charge in [-0.1, -0.05) is 42.1 Å². The van der Waals surface area contributed by atoms with E-state index in [1.165, 1.54) is 11.8 Å². The van der Waals surface area contributed by atoms with Gasteiger partial charge in [-0.15, -0.1) is 0 Å². The molecule has 2 N–H and O–H groups in total. The molecular weight excluding hydrogens is 440 g/mol. The number of rotatable bonds is 10. The van der Waals surface area contributed by atoms with Gasteiger partial charge in [-0.3, -0.25) is 9.59 Å². The van der Waals surface area contributed by atoms with Crippen molar-refractivity contribution in [3.8, 4) is 28.8 Å². The summed E-state index contributed by atoms with van der Waals surface area (Å²) >= 11 is 1.27. The molecule has 0 atom stereocenters. The van der Waals surface area contributed by atoms with E-state index < -0.39 is 5.56 Å². The van der Waals surface area contributed by atoms with Crippen LogP contribution in [0.15, 0.2) is 58.5 Å². The summed E-state index contributed by atoms with van der Waals surface area (Å²) in [5.41, 5.74) is 1.36. The normalized spacial score (nSPS) is 10.3. The molecule has 2 aromatic carbocycles. The highest BCUT2D eigenvalue weighted by atomic mass is 32.2. The van der Waals surface area contributed by atoms with E-state index in [0.29, 0.717) is 35.4 Å². The van der Waals surface area contributed by atoms with Gasteiger partial charge in [0, 0.05) is 12.1 Å². The van der Waals surface area contributed by atoms with Gasteiger partial charge in [0.1, 0.15) is 11.6 Å². The molecule has 0 radical (unpaired) electrons. The van der Waals surface area contributed by atoms with E-state index in [0.717, 1.165) is 12.0 Å². The Balaban J connectivity index is 1.72. The Hall–Kier alpha value is -3.77. The van der Waals surface area contributed by atoms with Crippen LogP contribution >= 0.6 is 11.8 Å². The van der Waals surface area contributed by atoms with E-state index in [-0.39, 0.29) is 23.8 Å². The van der Waals surface area contributed by atoms with Crippen molar-refractivity contribution in [3.63, 3.8) is 0 Å². The first-order valence-electron chi connectivity index (χ1n) is 10.3. The molecule has 0 aliphatic carbocycles. The lowest BCUT2D eigenvalue weighted by Gasteiger charge is -2.14. The first-order valence-corrected chi connectivity index (χ1v) is 11.6. The standard InChI is InChI=1S/C24H24N4O4S/c1-3-31-20-13-17(22-18(14-25)23(30)28-24(27-22)33-2)9-10-19(20)32-15-21(29)26-12-11-16-7-5-4-6-8-16/h4-10,13H,3,11-12,15H2,1-2H3,(H,26,29)(H,27,28,30). The van der Waals surface area contributed by atoms with Crippen LogP contribution in [-0.2, 0) is 11.2 Å². The fourth-order valence-electron chi connectivity index (χ4n) is 3.09. The van der Waals surface area contributed by atoms with Crippen molar-refractivity contribution in [3.05, 3.63) is 70.0 Å². The Morgan fingerprint density at radius 3 is 2.67 bits per heavy atom. The molecule has 0 aliphatic rings. The number of ether oxygens (including phenoxy) is 2. The molecule has 1 aromatic heterocycles. The summed E-state index contributed by atoms with van der Waals surface area (Å²) in [6, 6.07) is 16.8. The van der Waals surface area contributed by atoms with Gasteiger partial charge in [-0.05, 0) is 43.4 Å². The van der Waals surface area contributed by atoms with Crippen molar-refractivity contribution >= 4 is 17.7 Å². The molecule has 170 valence electrons. The van der Waals surface area contributed by atoms with Gasteiger partial charge in [0.25, 0.3) is 11.5 Å². The first kappa shape index (κ1) is 23.9. The van der Waals surface area contributed by atoms with Crippen molar-refractivity contribution < 1.29 is 14.3 Å². The van der Waals surface area contributed by atoms with Crippen molar-refractivity contribution in [1.29, 1.82) is 5.26 Å². The second-order valence-corrected chi connectivity index (χ2v) is 7.67. The van der Waals surface area contributed by atoms with Crippen LogP contribution in [0.4, 0.5) is 0 Å². The van der Waals surface area contributed by atoms with Crippen molar-refractivity contribution in [2.24, 2.45) is 0 Å². The van der Waals surface area contributed by atoms with Crippen LogP contribution < -0.4 is 20.3 Å².